The third-order valence-corrected chi connectivity index (χ3v) is 1.98. The second-order valence-corrected chi connectivity index (χ2v) is 3.40. The third kappa shape index (κ3) is 6.91. The first-order valence-corrected chi connectivity index (χ1v) is 5.27. The van der Waals surface area contributed by atoms with Gasteiger partial charge in [0.05, 0.1) is 5.92 Å². The van der Waals surface area contributed by atoms with E-state index in [1.165, 1.54) is 0 Å². The molecule has 0 saturated carbocycles. The van der Waals surface area contributed by atoms with Gasteiger partial charge in [-0.3, -0.25) is 4.79 Å². The summed E-state index contributed by atoms with van der Waals surface area (Å²) in [6.45, 7) is 2.32. The molecule has 0 radical (unpaired) electrons. The quantitative estimate of drug-likeness (QED) is 0.207. The number of carbonyl (C=O) groups is 2. The van der Waals surface area contributed by atoms with Gasteiger partial charge in [0.2, 0.25) is 5.91 Å². The van der Waals surface area contributed by atoms with Gasteiger partial charge in [-0.2, -0.15) is 12.6 Å². The van der Waals surface area contributed by atoms with Crippen LogP contribution in [-0.4, -0.2) is 31.3 Å². The lowest BCUT2D eigenvalue weighted by Crippen LogP contribution is -2.31. The van der Waals surface area contributed by atoms with Crippen LogP contribution >= 0.6 is 12.6 Å². The molecule has 0 bridgehead atoms. The predicted octanol–water partition coefficient (Wildman–Crippen LogP) is 0.622. The fourth-order valence-corrected chi connectivity index (χ4v) is 0.957. The number of ether oxygens (including phenoxy) is 1. The summed E-state index contributed by atoms with van der Waals surface area (Å²) in [6, 6.07) is 0. The molecule has 0 aromatic heterocycles. The van der Waals surface area contributed by atoms with Crippen molar-refractivity contribution < 1.29 is 14.3 Å². The van der Waals surface area contributed by atoms with Crippen molar-refractivity contribution in [2.75, 3.05) is 19.1 Å². The fraction of sp³-hybridized carbons (Fsp3) is 0.778. The highest BCUT2D eigenvalue weighted by Crippen LogP contribution is 1.92. The molecule has 0 aliphatic heterocycles. The Morgan fingerprint density at radius 2 is 2.29 bits per heavy atom. The first-order chi connectivity index (χ1) is 6.72. The first kappa shape index (κ1) is 13.4. The second-order valence-electron chi connectivity index (χ2n) is 2.95. The Labute approximate surface area is 89.8 Å². The number of nitrogens with one attached hydrogen (secondary N) is 1. The lowest BCUT2D eigenvalue weighted by Gasteiger charge is -2.07. The molecule has 0 aliphatic carbocycles. The van der Waals surface area contributed by atoms with Crippen molar-refractivity contribution in [2.45, 2.75) is 19.8 Å². The smallest absolute Gasteiger partial charge is 0.231 e. The van der Waals surface area contributed by atoms with Crippen molar-refractivity contribution in [1.82, 2.24) is 5.32 Å². The van der Waals surface area contributed by atoms with E-state index < -0.39 is 5.92 Å². The molecule has 0 aromatic carbocycles. The Balaban J connectivity index is 3.27. The van der Waals surface area contributed by atoms with Crippen molar-refractivity contribution in [2.24, 2.45) is 5.92 Å². The zero-order valence-corrected chi connectivity index (χ0v) is 9.26. The molecule has 0 saturated heterocycles. The normalized spacial score (nSPS) is 12.1. The van der Waals surface area contributed by atoms with Gasteiger partial charge in [-0.1, -0.05) is 0 Å². The summed E-state index contributed by atoms with van der Waals surface area (Å²) in [6.07, 6.45) is 2.54. The van der Waals surface area contributed by atoms with Crippen LogP contribution in [0.1, 0.15) is 19.8 Å². The van der Waals surface area contributed by atoms with Gasteiger partial charge < -0.3 is 14.8 Å². The number of carbonyl (C=O) groups excluding carboxylic acids is 2. The molecule has 1 unspecified atom stereocenters. The van der Waals surface area contributed by atoms with Crippen LogP contribution in [0.4, 0.5) is 0 Å². The molecule has 1 N–H and O–H groups in total. The van der Waals surface area contributed by atoms with E-state index in [0.29, 0.717) is 12.9 Å². The minimum absolute atomic E-state index is 0.170. The minimum atomic E-state index is -0.601. The van der Waals surface area contributed by atoms with Gasteiger partial charge in [0, 0.05) is 6.61 Å². The monoisotopic (exact) mass is 219 g/mol. The van der Waals surface area contributed by atoms with E-state index in [1.807, 2.05) is 0 Å². The summed E-state index contributed by atoms with van der Waals surface area (Å²) in [4.78, 5) is 21.2. The number of thiol groups is 1. The average Bonchev–Trinajstić information content (AvgIpc) is 2.21. The molecule has 4 nitrogen and oxygen atoms in total. The second kappa shape index (κ2) is 9.02. The molecule has 82 valence electrons. The maximum Gasteiger partial charge on any atom is 0.231 e. The van der Waals surface area contributed by atoms with Crippen LogP contribution in [0, 0.1) is 5.92 Å². The molecular weight excluding hydrogens is 202 g/mol. The molecule has 0 heterocycles. The lowest BCUT2D eigenvalue weighted by atomic mass is 10.2. The Morgan fingerprint density at radius 3 is 2.86 bits per heavy atom. The van der Waals surface area contributed by atoms with E-state index in [0.717, 1.165) is 18.6 Å². The fourth-order valence-electron chi connectivity index (χ4n) is 0.733. The summed E-state index contributed by atoms with van der Waals surface area (Å²) in [5.74, 6) is -0.0528. The van der Waals surface area contributed by atoms with E-state index in [-0.39, 0.29) is 12.6 Å². The summed E-state index contributed by atoms with van der Waals surface area (Å²) < 4.78 is 5.12. The molecule has 0 aliphatic rings. The number of unbranched alkanes of at least 4 members (excludes halogenated alkanes) is 1. The number of hydrogen-bond donors (Lipinski definition) is 2. The van der Waals surface area contributed by atoms with E-state index in [9.17, 15) is 9.59 Å². The summed E-state index contributed by atoms with van der Waals surface area (Å²) >= 11 is 4.05. The van der Waals surface area contributed by atoms with Crippen LogP contribution in [-0.2, 0) is 14.3 Å². The molecule has 0 aromatic rings. The highest BCUT2D eigenvalue weighted by molar-refractivity contribution is 7.80. The van der Waals surface area contributed by atoms with Crippen LogP contribution < -0.4 is 5.32 Å². The van der Waals surface area contributed by atoms with Crippen LogP contribution in [0.2, 0.25) is 0 Å². The van der Waals surface area contributed by atoms with E-state index in [1.54, 1.807) is 6.92 Å². The van der Waals surface area contributed by atoms with Crippen LogP contribution in [0.15, 0.2) is 0 Å². The maximum atomic E-state index is 11.0. The highest BCUT2D eigenvalue weighted by atomic mass is 32.1. The minimum Gasteiger partial charge on any atom is -0.361 e. The third-order valence-electron chi connectivity index (χ3n) is 1.66. The Bertz CT molecular complexity index is 175. The molecule has 1 atom stereocenters. The van der Waals surface area contributed by atoms with Crippen molar-refractivity contribution in [3.05, 3.63) is 0 Å². The molecule has 0 rings (SSSR count). The number of rotatable bonds is 8. The van der Waals surface area contributed by atoms with Gasteiger partial charge in [-0.25, -0.2) is 0 Å². The molecule has 14 heavy (non-hydrogen) atoms. The largest absolute Gasteiger partial charge is 0.361 e. The van der Waals surface area contributed by atoms with Gasteiger partial charge in [0.25, 0.3) is 0 Å². The summed E-state index contributed by atoms with van der Waals surface area (Å²) in [7, 11) is 0. The number of amides is 1. The highest BCUT2D eigenvalue weighted by Gasteiger charge is 2.09. The van der Waals surface area contributed by atoms with Crippen LogP contribution in [0.25, 0.3) is 0 Å². The number of hydrogen-bond acceptors (Lipinski definition) is 4. The van der Waals surface area contributed by atoms with Gasteiger partial charge in [-0.05, 0) is 25.5 Å². The standard InChI is InChI=1S/C9H17NO3S/c1-8(6-11)9(12)10-7-13-4-2-3-5-14/h6,8,14H,2-5,7H2,1H3,(H,10,12). The molecule has 5 heteroatoms. The molecule has 1 amide bonds. The maximum absolute atomic E-state index is 11.0. The first-order valence-electron chi connectivity index (χ1n) is 4.64. The summed E-state index contributed by atoms with van der Waals surface area (Å²) in [5.41, 5.74) is 0. The van der Waals surface area contributed by atoms with Crippen molar-refractivity contribution >= 4 is 24.8 Å². The van der Waals surface area contributed by atoms with Gasteiger partial charge in [-0.15, -0.1) is 0 Å². The molecule has 0 spiro atoms. The van der Waals surface area contributed by atoms with Crippen LogP contribution in [0.3, 0.4) is 0 Å². The lowest BCUT2D eigenvalue weighted by molar-refractivity contribution is -0.129. The van der Waals surface area contributed by atoms with Crippen molar-refractivity contribution in [3.63, 3.8) is 0 Å². The van der Waals surface area contributed by atoms with E-state index in [2.05, 4.69) is 17.9 Å². The molecule has 0 fully saturated rings. The van der Waals surface area contributed by atoms with Gasteiger partial charge in [0.1, 0.15) is 13.0 Å². The number of aldehydes is 1. The predicted molar refractivity (Wildman–Crippen MR) is 57.3 cm³/mol. The SMILES string of the molecule is CC(C=O)C(=O)NCOCCCCS. The Kier molecular flexibility index (Phi) is 8.67. The van der Waals surface area contributed by atoms with Gasteiger partial charge >= 0.3 is 0 Å². The Morgan fingerprint density at radius 1 is 1.57 bits per heavy atom. The average molecular weight is 219 g/mol. The van der Waals surface area contributed by atoms with E-state index >= 15 is 0 Å². The Hall–Kier alpha value is -0.550. The van der Waals surface area contributed by atoms with Crippen LogP contribution in [0.5, 0.6) is 0 Å². The topological polar surface area (TPSA) is 55.4 Å². The van der Waals surface area contributed by atoms with E-state index in [4.69, 9.17) is 4.74 Å². The van der Waals surface area contributed by atoms with Crippen molar-refractivity contribution in [3.8, 4) is 0 Å². The zero-order chi connectivity index (χ0) is 10.8. The summed E-state index contributed by atoms with van der Waals surface area (Å²) in [5, 5.41) is 2.50. The zero-order valence-electron chi connectivity index (χ0n) is 8.36. The van der Waals surface area contributed by atoms with Crippen molar-refractivity contribution in [1.29, 1.82) is 0 Å². The van der Waals surface area contributed by atoms with Gasteiger partial charge in [0.15, 0.2) is 0 Å². The molecular formula is C9H17NO3S.